The highest BCUT2D eigenvalue weighted by atomic mass is 79.9. The number of amides is 1. The lowest BCUT2D eigenvalue weighted by Crippen LogP contribution is -2.29. The van der Waals surface area contributed by atoms with Gasteiger partial charge in [-0.3, -0.25) is 4.79 Å². The van der Waals surface area contributed by atoms with Gasteiger partial charge in [0.05, 0.1) is 10.5 Å². The summed E-state index contributed by atoms with van der Waals surface area (Å²) in [7, 11) is 0. The van der Waals surface area contributed by atoms with Gasteiger partial charge in [0.25, 0.3) is 0 Å². The minimum atomic E-state index is -0.471. The number of nitrogens with zero attached hydrogens (tertiary/aromatic N) is 2. The molecule has 0 fully saturated rings. The minimum absolute atomic E-state index is 0.135. The van der Waals surface area contributed by atoms with Crippen molar-refractivity contribution in [3.05, 3.63) is 99.9 Å². The predicted molar refractivity (Wildman–Crippen MR) is 116 cm³/mol. The zero-order valence-corrected chi connectivity index (χ0v) is 17.6. The van der Waals surface area contributed by atoms with Gasteiger partial charge in [-0.1, -0.05) is 65.8 Å². The third kappa shape index (κ3) is 4.11. The Bertz CT molecular complexity index is 1110. The lowest BCUT2D eigenvalue weighted by molar-refractivity contribution is 0.0898. The monoisotopic (exact) mass is 463 g/mol. The number of aromatic hydroxyl groups is 1. The molecule has 150 valence electrons. The van der Waals surface area contributed by atoms with Crippen molar-refractivity contribution in [1.29, 1.82) is 0 Å². The van der Waals surface area contributed by atoms with Gasteiger partial charge in [-0.15, -0.1) is 0 Å². The second kappa shape index (κ2) is 8.51. The largest absolute Gasteiger partial charge is 0.506 e. The second-order valence-electron chi connectivity index (χ2n) is 6.77. The van der Waals surface area contributed by atoms with E-state index >= 15 is 0 Å². The van der Waals surface area contributed by atoms with Gasteiger partial charge in [-0.2, -0.15) is 4.98 Å². The summed E-state index contributed by atoms with van der Waals surface area (Å²) in [6.45, 7) is 1.77. The van der Waals surface area contributed by atoms with Crippen LogP contribution >= 0.6 is 15.9 Å². The molecule has 4 rings (SSSR count). The normalized spacial score (nSPS) is 10.9. The summed E-state index contributed by atoms with van der Waals surface area (Å²) in [4.78, 5) is 17.1. The maximum Gasteiger partial charge on any atom is 0.316 e. The van der Waals surface area contributed by atoms with E-state index in [1.165, 1.54) is 0 Å². The Morgan fingerprint density at radius 1 is 1.03 bits per heavy atom. The first-order valence-electron chi connectivity index (χ1n) is 9.27. The van der Waals surface area contributed by atoms with Crippen molar-refractivity contribution in [2.24, 2.45) is 0 Å². The number of carbonyl (C=O) groups is 1. The summed E-state index contributed by atoms with van der Waals surface area (Å²) >= 11 is 3.30. The average Bonchev–Trinajstić information content (AvgIpc) is 3.27. The second-order valence-corrected chi connectivity index (χ2v) is 7.63. The number of benzene rings is 3. The quantitative estimate of drug-likeness (QED) is 0.433. The van der Waals surface area contributed by atoms with E-state index < -0.39 is 5.91 Å². The number of nitrogens with one attached hydrogen (secondary N) is 1. The molecule has 1 amide bonds. The highest BCUT2D eigenvalue weighted by Gasteiger charge is 2.22. The van der Waals surface area contributed by atoms with Crippen LogP contribution in [0, 0.1) is 6.92 Å². The molecule has 0 aliphatic rings. The molecule has 0 radical (unpaired) electrons. The van der Waals surface area contributed by atoms with Crippen molar-refractivity contribution >= 4 is 21.8 Å². The molecular weight excluding hydrogens is 446 g/mol. The van der Waals surface area contributed by atoms with E-state index in [4.69, 9.17) is 4.52 Å². The molecule has 0 aliphatic heterocycles. The summed E-state index contributed by atoms with van der Waals surface area (Å²) in [6.07, 6.45) is 0. The van der Waals surface area contributed by atoms with E-state index in [9.17, 15) is 9.90 Å². The zero-order valence-electron chi connectivity index (χ0n) is 16.0. The van der Waals surface area contributed by atoms with Crippen LogP contribution in [0.1, 0.15) is 33.4 Å². The Labute approximate surface area is 181 Å². The van der Waals surface area contributed by atoms with Crippen LogP contribution in [0.4, 0.5) is 0 Å². The summed E-state index contributed by atoms with van der Waals surface area (Å²) in [5, 5.41) is 16.8. The number of hydrogen-bond acceptors (Lipinski definition) is 5. The molecule has 7 heteroatoms. The molecule has 0 saturated carbocycles. The number of hydrogen-bond donors (Lipinski definition) is 2. The van der Waals surface area contributed by atoms with Crippen molar-refractivity contribution in [1.82, 2.24) is 15.5 Å². The molecule has 6 nitrogen and oxygen atoms in total. The van der Waals surface area contributed by atoms with Crippen LogP contribution in [0.3, 0.4) is 0 Å². The van der Waals surface area contributed by atoms with Gasteiger partial charge in [0.15, 0.2) is 0 Å². The number of aryl methyl sites for hydroxylation is 1. The Kier molecular flexibility index (Phi) is 5.63. The van der Waals surface area contributed by atoms with Crippen LogP contribution in [0.5, 0.6) is 5.75 Å². The smallest absolute Gasteiger partial charge is 0.316 e. The molecule has 4 aromatic rings. The maximum atomic E-state index is 12.9. The molecule has 1 heterocycles. The Hall–Kier alpha value is -3.45. The number of rotatable bonds is 5. The number of aromatic nitrogens is 2. The molecule has 0 spiro atoms. The average molecular weight is 464 g/mol. The number of carbonyl (C=O) groups excluding carboxylic acids is 1. The first-order valence-corrected chi connectivity index (χ1v) is 10.1. The van der Waals surface area contributed by atoms with E-state index in [1.54, 1.807) is 19.1 Å². The van der Waals surface area contributed by atoms with Crippen molar-refractivity contribution in [3.8, 4) is 17.1 Å². The van der Waals surface area contributed by atoms with Crippen molar-refractivity contribution in [2.75, 3.05) is 0 Å². The number of phenolic OH excluding ortho intramolecular Hbond substituents is 1. The fourth-order valence-electron chi connectivity index (χ4n) is 3.14. The predicted octanol–water partition coefficient (Wildman–Crippen LogP) is 5.03. The SMILES string of the molecule is Cc1cc(-c2noc(C(=O)NC(c3ccccc3)c3ccccc3)n2)cc(Br)c1O. The van der Waals surface area contributed by atoms with Gasteiger partial charge in [-0.05, 0) is 51.7 Å². The van der Waals surface area contributed by atoms with Crippen molar-refractivity contribution in [2.45, 2.75) is 13.0 Å². The zero-order chi connectivity index (χ0) is 21.1. The third-order valence-corrected chi connectivity index (χ3v) is 5.28. The lowest BCUT2D eigenvalue weighted by atomic mass is 9.99. The Morgan fingerprint density at radius 2 is 1.63 bits per heavy atom. The van der Waals surface area contributed by atoms with Gasteiger partial charge in [-0.25, -0.2) is 0 Å². The van der Waals surface area contributed by atoms with Crippen molar-refractivity contribution in [3.63, 3.8) is 0 Å². The summed E-state index contributed by atoms with van der Waals surface area (Å²) in [6, 6.07) is 22.4. The standard InChI is InChI=1S/C23H18BrN3O3/c1-14-12-17(13-18(24)20(14)28)21-26-23(30-27-21)22(29)25-19(15-8-4-2-5-9-15)16-10-6-3-7-11-16/h2-13,19,28H,1H3,(H,25,29). The van der Waals surface area contributed by atoms with E-state index in [0.717, 1.165) is 11.1 Å². The van der Waals surface area contributed by atoms with Gasteiger partial charge >= 0.3 is 11.8 Å². The molecule has 0 atom stereocenters. The first kappa shape index (κ1) is 19.8. The topological polar surface area (TPSA) is 88.3 Å². The van der Waals surface area contributed by atoms with Crippen LogP contribution in [0.15, 0.2) is 81.8 Å². The van der Waals surface area contributed by atoms with E-state index in [0.29, 0.717) is 15.6 Å². The highest BCUT2D eigenvalue weighted by molar-refractivity contribution is 9.10. The van der Waals surface area contributed by atoms with Gasteiger partial charge < -0.3 is 14.9 Å². The molecule has 1 aromatic heterocycles. The number of halogens is 1. The fourth-order valence-corrected chi connectivity index (χ4v) is 3.70. The molecule has 2 N–H and O–H groups in total. The highest BCUT2D eigenvalue weighted by Crippen LogP contribution is 2.32. The number of phenols is 1. The van der Waals surface area contributed by atoms with Gasteiger partial charge in [0.1, 0.15) is 5.75 Å². The van der Waals surface area contributed by atoms with Gasteiger partial charge in [0, 0.05) is 5.56 Å². The van der Waals surface area contributed by atoms with Crippen LogP contribution in [-0.4, -0.2) is 21.2 Å². The van der Waals surface area contributed by atoms with Crippen LogP contribution in [0.25, 0.3) is 11.4 Å². The molecular formula is C23H18BrN3O3. The first-order chi connectivity index (χ1) is 14.5. The molecule has 0 unspecified atom stereocenters. The Balaban J connectivity index is 1.61. The van der Waals surface area contributed by atoms with E-state index in [1.807, 2.05) is 60.7 Å². The Morgan fingerprint density at radius 3 is 2.20 bits per heavy atom. The summed E-state index contributed by atoms with van der Waals surface area (Å²) in [5.41, 5.74) is 3.16. The summed E-state index contributed by atoms with van der Waals surface area (Å²) in [5.74, 6) is -0.196. The van der Waals surface area contributed by atoms with Crippen molar-refractivity contribution < 1.29 is 14.4 Å². The van der Waals surface area contributed by atoms with Gasteiger partial charge in [0.2, 0.25) is 5.82 Å². The van der Waals surface area contributed by atoms with Crippen LogP contribution < -0.4 is 5.32 Å². The molecule has 0 aliphatic carbocycles. The van der Waals surface area contributed by atoms with E-state index in [-0.39, 0.29) is 23.5 Å². The molecule has 30 heavy (non-hydrogen) atoms. The van der Waals surface area contributed by atoms with Crippen LogP contribution in [-0.2, 0) is 0 Å². The third-order valence-electron chi connectivity index (χ3n) is 4.67. The van der Waals surface area contributed by atoms with Crippen LogP contribution in [0.2, 0.25) is 0 Å². The fraction of sp³-hybridized carbons (Fsp3) is 0.0870. The lowest BCUT2D eigenvalue weighted by Gasteiger charge is -2.18. The van der Waals surface area contributed by atoms with E-state index in [2.05, 4.69) is 31.4 Å². The minimum Gasteiger partial charge on any atom is -0.506 e. The molecule has 3 aromatic carbocycles. The molecule has 0 saturated heterocycles. The summed E-state index contributed by atoms with van der Waals surface area (Å²) < 4.78 is 5.73. The maximum absolute atomic E-state index is 12.9. The molecule has 0 bridgehead atoms.